The van der Waals surface area contributed by atoms with Crippen molar-refractivity contribution in [1.29, 1.82) is 0 Å². The van der Waals surface area contributed by atoms with Crippen LogP contribution in [0.2, 0.25) is 0 Å². The van der Waals surface area contributed by atoms with E-state index in [0.717, 1.165) is 31.4 Å². The highest BCUT2D eigenvalue weighted by molar-refractivity contribution is 5.68. The number of nitrogens with zero attached hydrogens (tertiary/aromatic N) is 2. The average molecular weight is 301 g/mol. The number of anilines is 1. The van der Waals surface area contributed by atoms with Gasteiger partial charge in [0.15, 0.2) is 11.6 Å². The van der Waals surface area contributed by atoms with E-state index in [4.69, 9.17) is 0 Å². The Hall–Kier alpha value is -2.01. The summed E-state index contributed by atoms with van der Waals surface area (Å²) < 4.78 is 27.4. The van der Waals surface area contributed by atoms with Crippen LogP contribution < -0.4 is 10.2 Å². The smallest absolute Gasteiger partial charge is 0.166 e. The number of hydrogen-bond acceptors (Lipinski definition) is 3. The molecule has 2 aliphatic rings. The van der Waals surface area contributed by atoms with E-state index in [0.29, 0.717) is 17.5 Å². The van der Waals surface area contributed by atoms with Crippen LogP contribution in [0.25, 0.3) is 11.1 Å². The SMILES string of the molecule is Fc1cccc(-c2cncc(N3CC4CNC(C4)C3)c2)c1F. The van der Waals surface area contributed by atoms with Gasteiger partial charge in [0.2, 0.25) is 0 Å². The van der Waals surface area contributed by atoms with Crippen LogP contribution in [-0.2, 0) is 0 Å². The molecule has 1 N–H and O–H groups in total. The van der Waals surface area contributed by atoms with Crippen LogP contribution in [0.3, 0.4) is 0 Å². The second-order valence-electron chi connectivity index (χ2n) is 6.15. The van der Waals surface area contributed by atoms with Crippen LogP contribution >= 0.6 is 0 Å². The molecule has 2 bridgehead atoms. The van der Waals surface area contributed by atoms with Crippen molar-refractivity contribution in [3.8, 4) is 11.1 Å². The molecule has 0 aliphatic carbocycles. The Kier molecular flexibility index (Phi) is 3.30. The molecule has 22 heavy (non-hydrogen) atoms. The number of nitrogens with one attached hydrogen (secondary N) is 1. The number of halogens is 2. The van der Waals surface area contributed by atoms with Crippen molar-refractivity contribution in [2.45, 2.75) is 12.5 Å². The molecule has 2 aromatic rings. The lowest BCUT2D eigenvalue weighted by atomic mass is 9.99. The molecule has 2 saturated heterocycles. The summed E-state index contributed by atoms with van der Waals surface area (Å²) in [6, 6.07) is 6.65. The molecule has 2 atom stereocenters. The highest BCUT2D eigenvalue weighted by Gasteiger charge is 2.32. The maximum Gasteiger partial charge on any atom is 0.166 e. The van der Waals surface area contributed by atoms with Gasteiger partial charge in [0.05, 0.1) is 11.9 Å². The molecule has 0 saturated carbocycles. The molecule has 3 heterocycles. The van der Waals surface area contributed by atoms with Crippen molar-refractivity contribution in [2.24, 2.45) is 5.92 Å². The van der Waals surface area contributed by atoms with E-state index in [1.165, 1.54) is 12.5 Å². The van der Waals surface area contributed by atoms with Gasteiger partial charge in [0, 0.05) is 43.0 Å². The third kappa shape index (κ3) is 2.35. The monoisotopic (exact) mass is 301 g/mol. The van der Waals surface area contributed by atoms with Crippen LogP contribution in [-0.4, -0.2) is 30.7 Å². The van der Waals surface area contributed by atoms with Gasteiger partial charge in [-0.25, -0.2) is 8.78 Å². The summed E-state index contributed by atoms with van der Waals surface area (Å²) in [5.74, 6) is -0.988. The summed E-state index contributed by atoms with van der Waals surface area (Å²) in [6.07, 6.45) is 4.60. The molecule has 2 unspecified atom stereocenters. The van der Waals surface area contributed by atoms with E-state index >= 15 is 0 Å². The Labute approximate surface area is 128 Å². The summed E-state index contributed by atoms with van der Waals surface area (Å²) in [4.78, 5) is 6.51. The zero-order valence-electron chi connectivity index (χ0n) is 12.1. The minimum Gasteiger partial charge on any atom is -0.368 e. The van der Waals surface area contributed by atoms with E-state index in [2.05, 4.69) is 15.2 Å². The molecule has 5 heteroatoms. The summed E-state index contributed by atoms with van der Waals surface area (Å²) in [5.41, 5.74) is 1.84. The first-order valence-electron chi connectivity index (χ1n) is 7.58. The summed E-state index contributed by atoms with van der Waals surface area (Å²) >= 11 is 0. The molecule has 3 nitrogen and oxygen atoms in total. The lowest BCUT2D eigenvalue weighted by Gasteiger charge is -2.32. The van der Waals surface area contributed by atoms with Crippen LogP contribution in [0.15, 0.2) is 36.7 Å². The second-order valence-corrected chi connectivity index (χ2v) is 6.15. The first-order chi connectivity index (χ1) is 10.7. The lowest BCUT2D eigenvalue weighted by Crippen LogP contribution is -2.41. The van der Waals surface area contributed by atoms with Gasteiger partial charge < -0.3 is 10.2 Å². The maximum atomic E-state index is 14.0. The number of pyridine rings is 1. The highest BCUT2D eigenvalue weighted by Crippen LogP contribution is 2.30. The number of rotatable bonds is 2. The van der Waals surface area contributed by atoms with Gasteiger partial charge in [-0.2, -0.15) is 0 Å². The van der Waals surface area contributed by atoms with E-state index in [1.54, 1.807) is 18.5 Å². The van der Waals surface area contributed by atoms with E-state index < -0.39 is 11.6 Å². The Morgan fingerprint density at radius 1 is 1.18 bits per heavy atom. The van der Waals surface area contributed by atoms with Crippen LogP contribution in [0.1, 0.15) is 6.42 Å². The van der Waals surface area contributed by atoms with Crippen LogP contribution in [0.4, 0.5) is 14.5 Å². The minimum atomic E-state index is -0.830. The van der Waals surface area contributed by atoms with Gasteiger partial charge in [-0.1, -0.05) is 12.1 Å². The first kappa shape index (κ1) is 13.6. The fraction of sp³-hybridized carbons (Fsp3) is 0.353. The fourth-order valence-corrected chi connectivity index (χ4v) is 3.52. The first-order valence-corrected chi connectivity index (χ1v) is 7.58. The number of hydrogen-bond donors (Lipinski definition) is 1. The number of fused-ring (bicyclic) bond motifs is 2. The van der Waals surface area contributed by atoms with Gasteiger partial charge in [-0.05, 0) is 24.5 Å². The predicted octanol–water partition coefficient (Wildman–Crippen LogP) is 2.82. The molecule has 2 aliphatic heterocycles. The van der Waals surface area contributed by atoms with E-state index in [-0.39, 0.29) is 5.56 Å². The second kappa shape index (κ2) is 5.32. The number of piperidine rings is 1. The summed E-state index contributed by atoms with van der Waals surface area (Å²) in [5, 5.41) is 3.51. The fourth-order valence-electron chi connectivity index (χ4n) is 3.52. The van der Waals surface area contributed by atoms with Gasteiger partial charge in [-0.15, -0.1) is 0 Å². The summed E-state index contributed by atoms with van der Waals surface area (Å²) in [6.45, 7) is 2.99. The van der Waals surface area contributed by atoms with Crippen LogP contribution in [0.5, 0.6) is 0 Å². The normalized spacial score (nSPS) is 23.8. The van der Waals surface area contributed by atoms with Crippen molar-refractivity contribution < 1.29 is 8.78 Å². The van der Waals surface area contributed by atoms with Crippen molar-refractivity contribution in [1.82, 2.24) is 10.3 Å². The quantitative estimate of drug-likeness (QED) is 0.924. The van der Waals surface area contributed by atoms with Gasteiger partial charge in [0.25, 0.3) is 0 Å². The molecule has 0 amide bonds. The summed E-state index contributed by atoms with van der Waals surface area (Å²) in [7, 11) is 0. The Balaban J connectivity index is 1.67. The zero-order valence-corrected chi connectivity index (χ0v) is 12.1. The Morgan fingerprint density at radius 2 is 2.09 bits per heavy atom. The van der Waals surface area contributed by atoms with Crippen molar-refractivity contribution >= 4 is 5.69 Å². The number of benzene rings is 1. The molecular weight excluding hydrogens is 284 g/mol. The maximum absolute atomic E-state index is 14.0. The molecule has 0 spiro atoms. The minimum absolute atomic E-state index is 0.257. The van der Waals surface area contributed by atoms with E-state index in [9.17, 15) is 8.78 Å². The highest BCUT2D eigenvalue weighted by atomic mass is 19.2. The molecular formula is C17H17F2N3. The largest absolute Gasteiger partial charge is 0.368 e. The van der Waals surface area contributed by atoms with Gasteiger partial charge in [0.1, 0.15) is 0 Å². The molecule has 1 aromatic heterocycles. The van der Waals surface area contributed by atoms with Crippen LogP contribution in [0, 0.1) is 17.6 Å². The Morgan fingerprint density at radius 3 is 2.95 bits per heavy atom. The van der Waals surface area contributed by atoms with Gasteiger partial charge >= 0.3 is 0 Å². The molecule has 4 rings (SSSR count). The predicted molar refractivity (Wildman–Crippen MR) is 81.7 cm³/mol. The molecule has 2 fully saturated rings. The number of aromatic nitrogens is 1. The average Bonchev–Trinajstić information content (AvgIpc) is 2.88. The Bertz CT molecular complexity index is 692. The van der Waals surface area contributed by atoms with Gasteiger partial charge in [-0.3, -0.25) is 4.98 Å². The van der Waals surface area contributed by atoms with E-state index in [1.807, 2.05) is 6.07 Å². The molecule has 1 aromatic carbocycles. The van der Waals surface area contributed by atoms with Crippen molar-refractivity contribution in [3.63, 3.8) is 0 Å². The van der Waals surface area contributed by atoms with Crippen molar-refractivity contribution in [2.75, 3.05) is 24.5 Å². The topological polar surface area (TPSA) is 28.2 Å². The third-order valence-corrected chi connectivity index (χ3v) is 4.58. The lowest BCUT2D eigenvalue weighted by molar-refractivity contribution is 0.474. The van der Waals surface area contributed by atoms with Crippen molar-refractivity contribution in [3.05, 3.63) is 48.3 Å². The zero-order chi connectivity index (χ0) is 15.1. The molecule has 0 radical (unpaired) electrons. The molecule has 114 valence electrons. The third-order valence-electron chi connectivity index (χ3n) is 4.58. The standard InChI is InChI=1S/C17H17F2N3/c18-16-3-1-2-15(17(16)19)12-5-14(8-20-7-12)22-9-11-4-13(10-22)21-6-11/h1-3,5,7-8,11,13,21H,4,6,9-10H2.